The molecule has 24 heavy (non-hydrogen) atoms. The molecular weight excluding hydrogens is 327 g/mol. The van der Waals surface area contributed by atoms with Crippen molar-refractivity contribution in [3.8, 4) is 5.75 Å². The van der Waals surface area contributed by atoms with E-state index in [1.165, 1.54) is 0 Å². The zero-order valence-electron chi connectivity index (χ0n) is 12.9. The molecule has 1 saturated carbocycles. The Hall–Kier alpha value is -1.80. The van der Waals surface area contributed by atoms with Crippen LogP contribution in [-0.4, -0.2) is 36.1 Å². The number of hydrogen-bond donors (Lipinski definition) is 2. The Balaban J connectivity index is 1.76. The lowest BCUT2D eigenvalue weighted by Gasteiger charge is -2.36. The third-order valence-corrected chi connectivity index (χ3v) is 4.37. The minimum atomic E-state index is -4.67. The number of carbonyl (C=O) groups is 1. The van der Waals surface area contributed by atoms with E-state index in [1.807, 2.05) is 0 Å². The maximum atomic E-state index is 13.1. The van der Waals surface area contributed by atoms with Gasteiger partial charge in [0.15, 0.2) is 5.79 Å². The van der Waals surface area contributed by atoms with Crippen molar-refractivity contribution in [2.24, 2.45) is 0 Å². The van der Waals surface area contributed by atoms with E-state index in [4.69, 9.17) is 9.47 Å². The van der Waals surface area contributed by atoms with Crippen molar-refractivity contribution in [1.29, 1.82) is 0 Å². The normalized spacial score (nSPS) is 23.4. The van der Waals surface area contributed by atoms with E-state index in [2.05, 4.69) is 5.32 Å². The zero-order chi connectivity index (χ0) is 17.4. The van der Waals surface area contributed by atoms with Gasteiger partial charge in [0.1, 0.15) is 5.75 Å². The molecule has 2 fully saturated rings. The summed E-state index contributed by atoms with van der Waals surface area (Å²) in [6.45, 7) is 0.955. The van der Waals surface area contributed by atoms with Crippen LogP contribution in [-0.2, 0) is 15.7 Å². The largest absolute Gasteiger partial charge is 0.508 e. The molecule has 3 rings (SSSR count). The fraction of sp³-hybridized carbons (Fsp3) is 0.562. The predicted molar refractivity (Wildman–Crippen MR) is 77.5 cm³/mol. The smallest absolute Gasteiger partial charge is 0.417 e. The highest BCUT2D eigenvalue weighted by Crippen LogP contribution is 2.37. The summed E-state index contributed by atoms with van der Waals surface area (Å²) >= 11 is 0. The van der Waals surface area contributed by atoms with Gasteiger partial charge in [-0.15, -0.1) is 0 Å². The van der Waals surface area contributed by atoms with E-state index in [0.29, 0.717) is 38.5 Å². The second kappa shape index (κ2) is 6.25. The Morgan fingerprint density at radius 2 is 2.00 bits per heavy atom. The molecule has 8 heteroatoms. The highest BCUT2D eigenvalue weighted by Gasteiger charge is 2.42. The van der Waals surface area contributed by atoms with Crippen molar-refractivity contribution in [2.75, 3.05) is 13.2 Å². The minimum Gasteiger partial charge on any atom is -0.508 e. The molecular formula is C16H18F3NO4. The molecule has 2 N–H and O–H groups in total. The van der Waals surface area contributed by atoms with Gasteiger partial charge in [-0.2, -0.15) is 13.2 Å². The van der Waals surface area contributed by atoms with Crippen LogP contribution in [0, 0.1) is 0 Å². The highest BCUT2D eigenvalue weighted by molar-refractivity contribution is 5.96. The van der Waals surface area contributed by atoms with Crippen molar-refractivity contribution in [3.63, 3.8) is 0 Å². The summed E-state index contributed by atoms with van der Waals surface area (Å²) in [4.78, 5) is 12.3. The van der Waals surface area contributed by atoms with E-state index >= 15 is 0 Å². The molecule has 0 aromatic heterocycles. The molecule has 0 bridgehead atoms. The molecule has 1 amide bonds. The molecule has 2 aliphatic rings. The van der Waals surface area contributed by atoms with Gasteiger partial charge in [0, 0.05) is 18.9 Å². The van der Waals surface area contributed by atoms with Crippen LogP contribution in [0.5, 0.6) is 5.75 Å². The molecule has 5 nitrogen and oxygen atoms in total. The molecule has 1 spiro atoms. The average Bonchev–Trinajstić information content (AvgIpc) is 2.93. The van der Waals surface area contributed by atoms with Crippen molar-refractivity contribution in [1.82, 2.24) is 5.32 Å². The van der Waals surface area contributed by atoms with Crippen molar-refractivity contribution < 1.29 is 32.5 Å². The number of rotatable bonds is 2. The molecule has 1 aliphatic heterocycles. The Kier molecular flexibility index (Phi) is 4.44. The maximum absolute atomic E-state index is 13.1. The van der Waals surface area contributed by atoms with Crippen molar-refractivity contribution in [2.45, 2.75) is 43.7 Å². The Labute approximate surface area is 136 Å². The van der Waals surface area contributed by atoms with Gasteiger partial charge in [0.05, 0.1) is 24.3 Å². The van der Waals surface area contributed by atoms with Crippen LogP contribution >= 0.6 is 0 Å². The average molecular weight is 345 g/mol. The summed E-state index contributed by atoms with van der Waals surface area (Å²) in [5.74, 6) is -1.99. The second-order valence-corrected chi connectivity index (χ2v) is 6.10. The first kappa shape index (κ1) is 17.0. The van der Waals surface area contributed by atoms with Crippen LogP contribution in [0.25, 0.3) is 0 Å². The number of hydrogen-bond acceptors (Lipinski definition) is 4. The third-order valence-electron chi connectivity index (χ3n) is 4.37. The summed E-state index contributed by atoms with van der Waals surface area (Å²) < 4.78 is 50.4. The predicted octanol–water partition coefficient (Wildman–Crippen LogP) is 2.83. The molecule has 0 radical (unpaired) electrons. The van der Waals surface area contributed by atoms with E-state index in [0.717, 1.165) is 18.6 Å². The second-order valence-electron chi connectivity index (χ2n) is 6.10. The van der Waals surface area contributed by atoms with Crippen molar-refractivity contribution >= 4 is 5.91 Å². The van der Waals surface area contributed by atoms with Crippen LogP contribution < -0.4 is 5.32 Å². The topological polar surface area (TPSA) is 67.8 Å². The molecule has 0 unspecified atom stereocenters. The Morgan fingerprint density at radius 1 is 1.29 bits per heavy atom. The van der Waals surface area contributed by atoms with Gasteiger partial charge < -0.3 is 19.9 Å². The molecule has 1 saturated heterocycles. The van der Waals surface area contributed by atoms with Crippen LogP contribution in [0.4, 0.5) is 13.2 Å². The highest BCUT2D eigenvalue weighted by atomic mass is 19.4. The third kappa shape index (κ3) is 3.49. The van der Waals surface area contributed by atoms with Gasteiger partial charge in [0.25, 0.3) is 5.91 Å². The first-order chi connectivity index (χ1) is 11.3. The number of aromatic hydroxyl groups is 1. The first-order valence-electron chi connectivity index (χ1n) is 7.78. The zero-order valence-corrected chi connectivity index (χ0v) is 12.9. The Bertz CT molecular complexity index is 626. The number of phenolic OH excluding ortho intramolecular Hbond substituents is 1. The van der Waals surface area contributed by atoms with Crippen LogP contribution in [0.2, 0.25) is 0 Å². The number of amides is 1. The molecule has 1 aliphatic carbocycles. The number of benzene rings is 1. The summed E-state index contributed by atoms with van der Waals surface area (Å²) in [5.41, 5.74) is -1.66. The van der Waals surface area contributed by atoms with Gasteiger partial charge in [-0.3, -0.25) is 4.79 Å². The number of halogens is 3. The van der Waals surface area contributed by atoms with E-state index in [1.54, 1.807) is 0 Å². The van der Waals surface area contributed by atoms with Crippen LogP contribution in [0.1, 0.15) is 41.6 Å². The van der Waals surface area contributed by atoms with Crippen LogP contribution in [0.15, 0.2) is 18.2 Å². The number of ether oxygens (including phenoxy) is 2. The SMILES string of the molecule is O=C(N[C@@H]1CCCC2(C1)OCCO2)c1cc(O)ccc1C(F)(F)F. The lowest BCUT2D eigenvalue weighted by molar-refractivity contribution is -0.181. The molecule has 1 heterocycles. The fourth-order valence-electron chi connectivity index (χ4n) is 3.31. The number of carbonyl (C=O) groups excluding carboxylic acids is 1. The first-order valence-corrected chi connectivity index (χ1v) is 7.78. The van der Waals surface area contributed by atoms with Gasteiger partial charge in [-0.05, 0) is 31.0 Å². The summed E-state index contributed by atoms with van der Waals surface area (Å²) in [6, 6.07) is 2.11. The minimum absolute atomic E-state index is 0.340. The van der Waals surface area contributed by atoms with Gasteiger partial charge in [0.2, 0.25) is 0 Å². The molecule has 132 valence electrons. The quantitative estimate of drug-likeness (QED) is 0.865. The van der Waals surface area contributed by atoms with Gasteiger partial charge in [-0.25, -0.2) is 0 Å². The number of alkyl halides is 3. The van der Waals surface area contributed by atoms with E-state index in [-0.39, 0.29) is 6.04 Å². The summed E-state index contributed by atoms with van der Waals surface area (Å²) in [5, 5.41) is 12.1. The fourth-order valence-corrected chi connectivity index (χ4v) is 3.31. The molecule has 1 aromatic rings. The number of nitrogens with one attached hydrogen (secondary N) is 1. The lowest BCUT2D eigenvalue weighted by atomic mass is 9.89. The monoisotopic (exact) mass is 345 g/mol. The number of phenols is 1. The van der Waals surface area contributed by atoms with E-state index in [9.17, 15) is 23.1 Å². The van der Waals surface area contributed by atoms with Gasteiger partial charge >= 0.3 is 6.18 Å². The van der Waals surface area contributed by atoms with E-state index < -0.39 is 34.7 Å². The Morgan fingerprint density at radius 3 is 2.67 bits per heavy atom. The summed E-state index contributed by atoms with van der Waals surface area (Å²) in [6.07, 6.45) is -2.18. The molecule has 1 atom stereocenters. The summed E-state index contributed by atoms with van der Waals surface area (Å²) in [7, 11) is 0. The van der Waals surface area contributed by atoms with Crippen LogP contribution in [0.3, 0.4) is 0 Å². The van der Waals surface area contributed by atoms with Crippen molar-refractivity contribution in [3.05, 3.63) is 29.3 Å². The standard InChI is InChI=1S/C16H18F3NO4/c17-16(18,19)13-4-3-11(21)8-12(13)14(22)20-10-2-1-5-15(9-10)23-6-7-24-15/h3-4,8,10,21H,1-2,5-7,9H2,(H,20,22)/t10-/m1/s1. The lowest BCUT2D eigenvalue weighted by Crippen LogP contribution is -2.46. The maximum Gasteiger partial charge on any atom is 0.417 e. The van der Waals surface area contributed by atoms with Gasteiger partial charge in [-0.1, -0.05) is 0 Å². The molecule has 1 aromatic carbocycles.